The Kier molecular flexibility index (Phi) is 7.15. The summed E-state index contributed by atoms with van der Waals surface area (Å²) < 4.78 is 50.3. The third-order valence-corrected chi connectivity index (χ3v) is 4.83. The minimum Gasteiger partial charge on any atom is -0.493 e. The molecule has 0 N–H and O–H groups in total. The smallest absolute Gasteiger partial charge is 0.493 e. The summed E-state index contributed by atoms with van der Waals surface area (Å²) in [4.78, 5) is 19.2. The first-order valence-corrected chi connectivity index (χ1v) is 9.59. The van der Waals surface area contributed by atoms with E-state index in [0.717, 1.165) is 18.5 Å². The predicted molar refractivity (Wildman–Crippen MR) is 103 cm³/mol. The lowest BCUT2D eigenvalue weighted by atomic mass is 9.94. The zero-order valence-corrected chi connectivity index (χ0v) is 16.5. The van der Waals surface area contributed by atoms with Crippen LogP contribution in [0.5, 0.6) is 11.5 Å². The summed E-state index contributed by atoms with van der Waals surface area (Å²) in [6.07, 6.45) is -1.11. The molecule has 1 saturated heterocycles. The zero-order valence-electron chi connectivity index (χ0n) is 16.5. The number of nitrogens with zero attached hydrogens (tertiary/aromatic N) is 2. The Morgan fingerprint density at radius 3 is 2.73 bits per heavy atom. The molecule has 6 nitrogen and oxygen atoms in total. The van der Waals surface area contributed by atoms with Crippen LogP contribution in [0.1, 0.15) is 34.8 Å². The first kappa shape index (κ1) is 21.9. The van der Waals surface area contributed by atoms with E-state index in [0.29, 0.717) is 18.7 Å². The third kappa shape index (κ3) is 5.85. The number of carbonyl (C=O) groups excluding carboxylic acids is 1. The summed E-state index contributed by atoms with van der Waals surface area (Å²) in [5, 5.41) is 0. The summed E-state index contributed by atoms with van der Waals surface area (Å²) in [6, 6.07) is 10.4. The van der Waals surface area contributed by atoms with Gasteiger partial charge in [-0.3, -0.25) is 14.5 Å². The second-order valence-corrected chi connectivity index (χ2v) is 6.85. The number of hydrogen-bond acceptors (Lipinski definition) is 5. The first-order valence-electron chi connectivity index (χ1n) is 9.59. The molecule has 1 amide bonds. The number of benzene rings is 1. The second kappa shape index (κ2) is 9.80. The van der Waals surface area contributed by atoms with E-state index in [1.165, 1.54) is 19.2 Å². The number of piperidine rings is 1. The van der Waals surface area contributed by atoms with E-state index in [1.54, 1.807) is 17.2 Å². The Balaban J connectivity index is 1.64. The minimum atomic E-state index is -4.70. The molecule has 162 valence electrons. The lowest BCUT2D eigenvalue weighted by Gasteiger charge is -2.32. The van der Waals surface area contributed by atoms with E-state index in [9.17, 15) is 18.0 Å². The normalized spacial score (nSPS) is 16.9. The molecule has 1 fully saturated rings. The van der Waals surface area contributed by atoms with Crippen molar-refractivity contribution in [1.29, 1.82) is 0 Å². The van der Waals surface area contributed by atoms with Gasteiger partial charge in [-0.05, 0) is 43.2 Å². The summed E-state index contributed by atoms with van der Waals surface area (Å²) >= 11 is 0. The molecule has 0 unspecified atom stereocenters. The Labute approximate surface area is 172 Å². The van der Waals surface area contributed by atoms with Gasteiger partial charge in [0.25, 0.3) is 5.91 Å². The lowest BCUT2D eigenvalue weighted by molar-refractivity contribution is -0.325. The molecule has 0 saturated carbocycles. The number of aromatic nitrogens is 1. The Hall–Kier alpha value is -2.81. The van der Waals surface area contributed by atoms with Gasteiger partial charge < -0.3 is 14.4 Å². The van der Waals surface area contributed by atoms with Crippen LogP contribution >= 0.6 is 0 Å². The number of methoxy groups -OCH3 is 1. The Morgan fingerprint density at radius 1 is 1.20 bits per heavy atom. The van der Waals surface area contributed by atoms with E-state index >= 15 is 0 Å². The van der Waals surface area contributed by atoms with Crippen LogP contribution < -0.4 is 9.47 Å². The highest BCUT2D eigenvalue weighted by atomic mass is 19.4. The number of rotatable bonds is 7. The van der Waals surface area contributed by atoms with Crippen molar-refractivity contribution in [2.24, 2.45) is 0 Å². The summed E-state index contributed by atoms with van der Waals surface area (Å²) in [7, 11) is 1.40. The van der Waals surface area contributed by atoms with Crippen LogP contribution in [0.3, 0.4) is 0 Å². The molecule has 0 spiro atoms. The quantitative estimate of drug-likeness (QED) is 0.629. The van der Waals surface area contributed by atoms with Crippen molar-refractivity contribution in [1.82, 2.24) is 9.88 Å². The van der Waals surface area contributed by atoms with Crippen molar-refractivity contribution in [2.45, 2.75) is 25.1 Å². The van der Waals surface area contributed by atoms with E-state index < -0.39 is 13.0 Å². The van der Waals surface area contributed by atoms with Gasteiger partial charge in [-0.15, -0.1) is 13.2 Å². The van der Waals surface area contributed by atoms with Crippen LogP contribution in [-0.2, 0) is 4.74 Å². The number of likely N-dealkylation sites (tertiary alicyclic amines) is 1. The molecule has 1 atom stereocenters. The topological polar surface area (TPSA) is 60.9 Å². The number of alkyl halides is 3. The van der Waals surface area contributed by atoms with Gasteiger partial charge in [0.1, 0.15) is 6.61 Å². The highest BCUT2D eigenvalue weighted by Crippen LogP contribution is 2.31. The molecule has 30 heavy (non-hydrogen) atoms. The van der Waals surface area contributed by atoms with Crippen molar-refractivity contribution >= 4 is 5.91 Å². The van der Waals surface area contributed by atoms with E-state index in [-0.39, 0.29) is 29.9 Å². The fraction of sp³-hybridized carbons (Fsp3) is 0.429. The average molecular weight is 424 g/mol. The maximum absolute atomic E-state index is 13.0. The molecule has 0 radical (unpaired) electrons. The molecule has 1 aromatic carbocycles. The fourth-order valence-electron chi connectivity index (χ4n) is 3.43. The van der Waals surface area contributed by atoms with Crippen LogP contribution in [0.4, 0.5) is 13.2 Å². The summed E-state index contributed by atoms with van der Waals surface area (Å²) in [5.41, 5.74) is 1.39. The maximum Gasteiger partial charge on any atom is 0.522 e. The van der Waals surface area contributed by atoms with Crippen molar-refractivity contribution < 1.29 is 32.2 Å². The van der Waals surface area contributed by atoms with Gasteiger partial charge >= 0.3 is 6.36 Å². The second-order valence-electron chi connectivity index (χ2n) is 6.85. The molecule has 0 aliphatic carbocycles. The van der Waals surface area contributed by atoms with Crippen molar-refractivity contribution in [2.75, 3.05) is 33.4 Å². The number of hydrogen-bond donors (Lipinski definition) is 0. The van der Waals surface area contributed by atoms with E-state index in [4.69, 9.17) is 9.47 Å². The number of pyridine rings is 1. The van der Waals surface area contributed by atoms with Crippen LogP contribution in [0, 0.1) is 0 Å². The molecule has 1 aliphatic heterocycles. The summed E-state index contributed by atoms with van der Waals surface area (Å²) in [5.74, 6) is 0.555. The third-order valence-electron chi connectivity index (χ3n) is 4.83. The number of halogens is 3. The van der Waals surface area contributed by atoms with Crippen molar-refractivity contribution in [3.8, 4) is 11.5 Å². The molecule has 1 aliphatic rings. The SMILES string of the molecule is COc1cc(C(=O)N2CCC[C@H](c3ccccn3)C2)ccc1OCCOC(F)(F)F. The van der Waals surface area contributed by atoms with Gasteiger partial charge in [0.2, 0.25) is 0 Å². The fourth-order valence-corrected chi connectivity index (χ4v) is 3.43. The lowest BCUT2D eigenvalue weighted by Crippen LogP contribution is -2.39. The Bertz CT molecular complexity index is 846. The molecule has 2 aromatic rings. The largest absolute Gasteiger partial charge is 0.522 e. The van der Waals surface area contributed by atoms with Gasteiger partial charge in [0.05, 0.1) is 13.7 Å². The predicted octanol–water partition coefficient (Wildman–Crippen LogP) is 4.03. The van der Waals surface area contributed by atoms with E-state index in [1.807, 2.05) is 18.2 Å². The van der Waals surface area contributed by atoms with Crippen LogP contribution in [0.15, 0.2) is 42.6 Å². The highest BCUT2D eigenvalue weighted by Gasteiger charge is 2.29. The molecular weight excluding hydrogens is 401 g/mol. The number of ether oxygens (including phenoxy) is 3. The Morgan fingerprint density at radius 2 is 2.03 bits per heavy atom. The highest BCUT2D eigenvalue weighted by molar-refractivity contribution is 5.95. The molecular formula is C21H23F3N2O4. The van der Waals surface area contributed by atoms with Crippen molar-refractivity contribution in [3.05, 3.63) is 53.9 Å². The van der Waals surface area contributed by atoms with Crippen LogP contribution in [-0.4, -0.2) is 55.6 Å². The summed E-state index contributed by atoms with van der Waals surface area (Å²) in [6.45, 7) is 0.278. The molecule has 0 bridgehead atoms. The van der Waals surface area contributed by atoms with Crippen molar-refractivity contribution in [3.63, 3.8) is 0 Å². The van der Waals surface area contributed by atoms with Crippen LogP contribution in [0.25, 0.3) is 0 Å². The molecule has 1 aromatic heterocycles. The van der Waals surface area contributed by atoms with Gasteiger partial charge in [0, 0.05) is 36.5 Å². The maximum atomic E-state index is 13.0. The standard InChI is InChI=1S/C21H23F3N2O4/c1-28-19-13-15(7-8-18(19)29-11-12-30-21(22,23)24)20(27)26-10-4-5-16(14-26)17-6-2-3-9-25-17/h2-3,6-9,13,16H,4-5,10-12,14H2,1H3/t16-/m0/s1. The monoisotopic (exact) mass is 424 g/mol. The van der Waals surface area contributed by atoms with Gasteiger partial charge in [-0.1, -0.05) is 6.07 Å². The number of amides is 1. The minimum absolute atomic E-state index is 0.138. The molecule has 2 heterocycles. The first-order chi connectivity index (χ1) is 14.4. The van der Waals surface area contributed by atoms with Gasteiger partial charge in [-0.2, -0.15) is 0 Å². The molecule has 3 rings (SSSR count). The van der Waals surface area contributed by atoms with Gasteiger partial charge in [-0.25, -0.2) is 0 Å². The van der Waals surface area contributed by atoms with Crippen LogP contribution in [0.2, 0.25) is 0 Å². The average Bonchev–Trinajstić information content (AvgIpc) is 2.76. The van der Waals surface area contributed by atoms with Gasteiger partial charge in [0.15, 0.2) is 11.5 Å². The number of carbonyl (C=O) groups is 1. The van der Waals surface area contributed by atoms with E-state index in [2.05, 4.69) is 9.72 Å². The zero-order chi connectivity index (χ0) is 21.6. The molecule has 9 heteroatoms.